The van der Waals surface area contributed by atoms with Crippen molar-refractivity contribution < 1.29 is 33.6 Å². The molecule has 0 atom stereocenters. The van der Waals surface area contributed by atoms with Crippen molar-refractivity contribution >= 4 is 11.9 Å². The lowest BCUT2D eigenvalue weighted by Gasteiger charge is -2.14. The van der Waals surface area contributed by atoms with Gasteiger partial charge in [0.2, 0.25) is 0 Å². The van der Waals surface area contributed by atoms with E-state index in [0.717, 1.165) is 0 Å². The largest absolute Gasteiger partial charge is 0.480 e. The van der Waals surface area contributed by atoms with E-state index in [1.165, 1.54) is 22.3 Å². The van der Waals surface area contributed by atoms with Crippen LogP contribution in [0.3, 0.4) is 0 Å². The number of aliphatic carboxylic acids is 1. The molecule has 1 aliphatic carbocycles. The van der Waals surface area contributed by atoms with Crippen LogP contribution in [0.4, 0.5) is 0 Å². The molecule has 0 spiro atoms. The van der Waals surface area contributed by atoms with Gasteiger partial charge in [-0.3, -0.25) is 4.79 Å². The summed E-state index contributed by atoms with van der Waals surface area (Å²) in [7, 11) is 0. The molecule has 0 bridgehead atoms. The Kier molecular flexibility index (Phi) is 8.38. The molecule has 0 radical (unpaired) electrons. The average Bonchev–Trinajstić information content (AvgIpc) is 3.07. The normalized spacial score (nSPS) is 12.4. The van der Waals surface area contributed by atoms with E-state index in [1.54, 1.807) is 0 Å². The first-order valence-electron chi connectivity index (χ1n) is 9.95. The number of hydrogen-bond acceptors (Lipinski definition) is 6. The van der Waals surface area contributed by atoms with Gasteiger partial charge in [0.1, 0.15) is 13.2 Å². The predicted octanol–water partition coefficient (Wildman–Crippen LogP) is 2.87. The molecule has 0 saturated heterocycles. The molecule has 160 valence electrons. The number of carbonyl (C=O) groups excluding carboxylic acids is 1. The zero-order valence-electron chi connectivity index (χ0n) is 16.7. The lowest BCUT2D eigenvalue weighted by molar-refractivity contribution is -0.145. The minimum absolute atomic E-state index is 0.0546. The number of carboxylic acid groups (broad SMARTS) is 1. The van der Waals surface area contributed by atoms with Gasteiger partial charge in [0.25, 0.3) is 0 Å². The van der Waals surface area contributed by atoms with Crippen LogP contribution < -0.4 is 0 Å². The fourth-order valence-corrected chi connectivity index (χ4v) is 3.44. The van der Waals surface area contributed by atoms with Crippen LogP contribution in [0.2, 0.25) is 0 Å². The van der Waals surface area contributed by atoms with E-state index in [4.69, 9.17) is 24.1 Å². The maximum atomic E-state index is 12.1. The number of hydrogen-bond donors (Lipinski definition) is 1. The molecule has 2 aromatic rings. The zero-order valence-corrected chi connectivity index (χ0v) is 16.7. The summed E-state index contributed by atoms with van der Waals surface area (Å²) < 4.78 is 21.0. The van der Waals surface area contributed by atoms with Crippen LogP contribution in [0.25, 0.3) is 11.1 Å². The summed E-state index contributed by atoms with van der Waals surface area (Å²) in [6, 6.07) is 16.4. The first kappa shape index (κ1) is 22.0. The molecule has 0 saturated carbocycles. The van der Waals surface area contributed by atoms with E-state index in [-0.39, 0.29) is 38.1 Å². The van der Waals surface area contributed by atoms with E-state index in [0.29, 0.717) is 26.4 Å². The first-order chi connectivity index (χ1) is 14.7. The molecule has 0 fully saturated rings. The highest BCUT2D eigenvalue weighted by Gasteiger charge is 2.28. The molecule has 2 aromatic carbocycles. The Morgan fingerprint density at radius 2 is 1.30 bits per heavy atom. The second kappa shape index (κ2) is 11.4. The Hall–Kier alpha value is -2.74. The van der Waals surface area contributed by atoms with E-state index >= 15 is 0 Å². The van der Waals surface area contributed by atoms with E-state index in [2.05, 4.69) is 24.3 Å². The van der Waals surface area contributed by atoms with Crippen LogP contribution in [0.5, 0.6) is 0 Å². The van der Waals surface area contributed by atoms with Gasteiger partial charge in [-0.25, -0.2) is 4.79 Å². The Bertz CT molecular complexity index is 803. The van der Waals surface area contributed by atoms with Crippen molar-refractivity contribution in [3.8, 4) is 11.1 Å². The van der Waals surface area contributed by atoms with Crippen LogP contribution in [0.1, 0.15) is 23.5 Å². The van der Waals surface area contributed by atoms with Gasteiger partial charge in [-0.2, -0.15) is 0 Å². The summed E-state index contributed by atoms with van der Waals surface area (Å²) >= 11 is 0. The summed E-state index contributed by atoms with van der Waals surface area (Å²) in [5.74, 6) is -1.24. The lowest BCUT2D eigenvalue weighted by atomic mass is 9.98. The van der Waals surface area contributed by atoms with Crippen molar-refractivity contribution in [2.45, 2.75) is 12.3 Å². The summed E-state index contributed by atoms with van der Waals surface area (Å²) in [5, 5.41) is 8.42. The van der Waals surface area contributed by atoms with Crippen molar-refractivity contribution in [1.82, 2.24) is 0 Å². The molecule has 0 aromatic heterocycles. The topological polar surface area (TPSA) is 91.3 Å². The molecule has 7 heteroatoms. The molecule has 0 aliphatic heterocycles. The highest BCUT2D eigenvalue weighted by atomic mass is 16.6. The van der Waals surface area contributed by atoms with Crippen LogP contribution in [0, 0.1) is 0 Å². The SMILES string of the molecule is O=C(O)COCCOCCOCCC(=O)OCC1c2ccccc2-c2ccccc21. The molecule has 0 amide bonds. The van der Waals surface area contributed by atoms with Crippen molar-refractivity contribution in [2.24, 2.45) is 0 Å². The number of carbonyl (C=O) groups is 2. The smallest absolute Gasteiger partial charge is 0.329 e. The fraction of sp³-hybridized carbons (Fsp3) is 0.391. The van der Waals surface area contributed by atoms with Crippen LogP contribution >= 0.6 is 0 Å². The van der Waals surface area contributed by atoms with Gasteiger partial charge in [-0.05, 0) is 22.3 Å². The third-order valence-electron chi connectivity index (χ3n) is 4.79. The summed E-state index contributed by atoms with van der Waals surface area (Å²) in [4.78, 5) is 22.4. The maximum Gasteiger partial charge on any atom is 0.329 e. The predicted molar refractivity (Wildman–Crippen MR) is 109 cm³/mol. The molecule has 3 rings (SSSR count). The van der Waals surface area contributed by atoms with Crippen LogP contribution in [0.15, 0.2) is 48.5 Å². The van der Waals surface area contributed by atoms with Gasteiger partial charge in [0.15, 0.2) is 0 Å². The summed E-state index contributed by atoms with van der Waals surface area (Å²) in [6.45, 7) is 1.44. The van der Waals surface area contributed by atoms with Crippen molar-refractivity contribution in [2.75, 3.05) is 46.2 Å². The van der Waals surface area contributed by atoms with E-state index < -0.39 is 5.97 Å². The third kappa shape index (κ3) is 6.13. The minimum Gasteiger partial charge on any atom is -0.480 e. The maximum absolute atomic E-state index is 12.1. The van der Waals surface area contributed by atoms with Gasteiger partial charge >= 0.3 is 11.9 Å². The van der Waals surface area contributed by atoms with Crippen LogP contribution in [-0.4, -0.2) is 63.3 Å². The average molecular weight is 414 g/mol. The second-order valence-electron chi connectivity index (χ2n) is 6.83. The summed E-state index contributed by atoms with van der Waals surface area (Å²) in [6.07, 6.45) is 0.178. The highest BCUT2D eigenvalue weighted by Crippen LogP contribution is 2.44. The standard InChI is InChI=1S/C23H26O7/c24-22(25)16-29-14-13-28-12-11-27-10-9-23(26)30-15-21-19-7-3-1-5-17(19)18-6-2-4-8-20(18)21/h1-8,21H,9-16H2,(H,24,25). The Labute approximate surface area is 175 Å². The number of fused-ring (bicyclic) bond motifs is 3. The molecule has 0 unspecified atom stereocenters. The third-order valence-corrected chi connectivity index (χ3v) is 4.79. The van der Waals surface area contributed by atoms with Crippen LogP contribution in [-0.2, 0) is 28.5 Å². The first-order valence-corrected chi connectivity index (χ1v) is 9.95. The van der Waals surface area contributed by atoms with Crippen molar-refractivity contribution in [1.29, 1.82) is 0 Å². The molecular formula is C23H26O7. The molecule has 1 aliphatic rings. The monoisotopic (exact) mass is 414 g/mol. The van der Waals surface area contributed by atoms with Crippen molar-refractivity contribution in [3.05, 3.63) is 59.7 Å². The van der Waals surface area contributed by atoms with Gasteiger partial charge in [-0.15, -0.1) is 0 Å². The molecule has 7 nitrogen and oxygen atoms in total. The van der Waals surface area contributed by atoms with Gasteiger partial charge in [0.05, 0.1) is 39.5 Å². The Morgan fingerprint density at radius 1 is 0.767 bits per heavy atom. The Morgan fingerprint density at radius 3 is 1.90 bits per heavy atom. The van der Waals surface area contributed by atoms with Gasteiger partial charge in [0, 0.05) is 5.92 Å². The van der Waals surface area contributed by atoms with Crippen molar-refractivity contribution in [3.63, 3.8) is 0 Å². The highest BCUT2D eigenvalue weighted by molar-refractivity contribution is 5.79. The molecular weight excluding hydrogens is 388 g/mol. The van der Waals surface area contributed by atoms with E-state index in [9.17, 15) is 9.59 Å². The molecule has 0 heterocycles. The van der Waals surface area contributed by atoms with Gasteiger partial charge < -0.3 is 24.1 Å². The zero-order chi connectivity index (χ0) is 21.2. The number of rotatable bonds is 13. The quantitative estimate of drug-likeness (QED) is 0.398. The Balaban J connectivity index is 1.31. The lowest BCUT2D eigenvalue weighted by Crippen LogP contribution is -2.16. The minimum atomic E-state index is -1.01. The number of ether oxygens (including phenoxy) is 4. The molecule has 1 N–H and O–H groups in total. The summed E-state index contributed by atoms with van der Waals surface area (Å²) in [5.41, 5.74) is 4.77. The van der Waals surface area contributed by atoms with Gasteiger partial charge in [-0.1, -0.05) is 48.5 Å². The fourth-order valence-electron chi connectivity index (χ4n) is 3.44. The number of benzene rings is 2. The number of esters is 1. The van der Waals surface area contributed by atoms with E-state index in [1.807, 2.05) is 24.3 Å². The number of carboxylic acids is 1. The molecule has 30 heavy (non-hydrogen) atoms. The second-order valence-corrected chi connectivity index (χ2v) is 6.83.